The third-order valence-electron chi connectivity index (χ3n) is 5.59. The molecule has 0 aliphatic rings. The zero-order chi connectivity index (χ0) is 24.9. The van der Waals surface area contributed by atoms with Gasteiger partial charge in [-0.2, -0.15) is 0 Å². The van der Waals surface area contributed by atoms with Gasteiger partial charge in [-0.05, 0) is 74.7 Å². The molecule has 1 amide bonds. The summed E-state index contributed by atoms with van der Waals surface area (Å²) in [5.74, 6) is -0.488. The monoisotopic (exact) mass is 487 g/mol. The van der Waals surface area contributed by atoms with Crippen molar-refractivity contribution in [1.29, 1.82) is 0 Å². The topological polar surface area (TPSA) is 73.2 Å². The molecule has 35 heavy (non-hydrogen) atoms. The number of amides is 1. The summed E-state index contributed by atoms with van der Waals surface area (Å²) in [5.41, 5.74) is 5.91. The van der Waals surface area contributed by atoms with E-state index in [1.165, 1.54) is 11.8 Å². The number of benzene rings is 3. The number of carbonyl (C=O) groups is 2. The van der Waals surface area contributed by atoms with Crippen molar-refractivity contribution < 1.29 is 14.3 Å². The van der Waals surface area contributed by atoms with Crippen LogP contribution in [0.4, 0.5) is 5.69 Å². The predicted octanol–water partition coefficient (Wildman–Crippen LogP) is 6.32. The molecule has 0 radical (unpaired) electrons. The van der Waals surface area contributed by atoms with Crippen LogP contribution in [0.5, 0.6) is 0 Å². The number of nitrogens with zero attached hydrogens (tertiary/aromatic N) is 2. The van der Waals surface area contributed by atoms with Crippen LogP contribution < -0.4 is 5.32 Å². The Bertz CT molecular complexity index is 1340. The van der Waals surface area contributed by atoms with Crippen LogP contribution in [-0.2, 0) is 16.1 Å². The van der Waals surface area contributed by atoms with Crippen molar-refractivity contribution in [2.24, 2.45) is 0 Å². The molecule has 1 N–H and O–H groups in total. The number of carbonyl (C=O) groups excluding carboxylic acids is 2. The quantitative estimate of drug-likeness (QED) is 0.232. The minimum absolute atomic E-state index is 0.117. The second kappa shape index (κ2) is 10.8. The summed E-state index contributed by atoms with van der Waals surface area (Å²) >= 11 is 1.40. The molecule has 4 aromatic rings. The number of thioether (sulfide) groups is 1. The molecular weight excluding hydrogens is 458 g/mol. The molecule has 0 saturated carbocycles. The number of imidazole rings is 1. The minimum atomic E-state index is -0.511. The smallest absolute Gasteiger partial charge is 0.338 e. The first kappa shape index (κ1) is 24.5. The van der Waals surface area contributed by atoms with E-state index >= 15 is 0 Å². The Hall–Kier alpha value is -3.58. The lowest BCUT2D eigenvalue weighted by atomic mass is 10.1. The number of anilines is 1. The average Bonchev–Trinajstić information content (AvgIpc) is 3.18. The summed E-state index contributed by atoms with van der Waals surface area (Å²) in [6, 6.07) is 21.1. The van der Waals surface area contributed by atoms with Crippen LogP contribution in [0.25, 0.3) is 11.0 Å². The van der Waals surface area contributed by atoms with Gasteiger partial charge in [-0.1, -0.05) is 48.2 Å². The van der Waals surface area contributed by atoms with Crippen molar-refractivity contribution in [3.8, 4) is 0 Å². The van der Waals surface area contributed by atoms with E-state index in [4.69, 9.17) is 9.72 Å². The van der Waals surface area contributed by atoms with Gasteiger partial charge < -0.3 is 14.6 Å². The molecule has 0 aliphatic carbocycles. The van der Waals surface area contributed by atoms with Gasteiger partial charge in [-0.25, -0.2) is 9.78 Å². The third kappa shape index (κ3) is 5.57. The molecule has 1 heterocycles. The van der Waals surface area contributed by atoms with Crippen molar-refractivity contribution in [2.75, 3.05) is 11.9 Å². The van der Waals surface area contributed by atoms with E-state index in [0.29, 0.717) is 29.4 Å². The Kier molecular flexibility index (Phi) is 7.56. The Morgan fingerprint density at radius 3 is 2.37 bits per heavy atom. The number of nitrogens with one attached hydrogen (secondary N) is 1. The molecule has 1 aromatic heterocycles. The highest BCUT2D eigenvalue weighted by atomic mass is 32.2. The first-order valence-corrected chi connectivity index (χ1v) is 12.6. The summed E-state index contributed by atoms with van der Waals surface area (Å²) in [6.07, 6.45) is 0. The first-order chi connectivity index (χ1) is 16.9. The van der Waals surface area contributed by atoms with Crippen LogP contribution in [0.1, 0.15) is 46.1 Å². The van der Waals surface area contributed by atoms with E-state index in [1.54, 1.807) is 19.1 Å². The van der Waals surface area contributed by atoms with E-state index in [-0.39, 0.29) is 11.9 Å². The van der Waals surface area contributed by atoms with Gasteiger partial charge >= 0.3 is 5.97 Å². The fourth-order valence-electron chi connectivity index (χ4n) is 4.11. The van der Waals surface area contributed by atoms with E-state index in [1.807, 2.05) is 69.3 Å². The summed E-state index contributed by atoms with van der Waals surface area (Å²) in [4.78, 5) is 30.6. The minimum Gasteiger partial charge on any atom is -0.462 e. The molecule has 180 valence electrons. The molecule has 0 fully saturated rings. The van der Waals surface area contributed by atoms with Crippen molar-refractivity contribution in [3.05, 3.63) is 89.0 Å². The number of ether oxygens (including phenoxy) is 1. The normalized spacial score (nSPS) is 11.9. The second-order valence-corrected chi connectivity index (χ2v) is 9.41. The summed E-state index contributed by atoms with van der Waals surface area (Å²) in [5, 5.41) is 3.30. The lowest BCUT2D eigenvalue weighted by Gasteiger charge is -2.18. The van der Waals surface area contributed by atoms with Gasteiger partial charge in [0.15, 0.2) is 5.16 Å². The molecule has 0 spiro atoms. The molecule has 7 heteroatoms. The van der Waals surface area contributed by atoms with Gasteiger partial charge in [0.25, 0.3) is 0 Å². The molecule has 1 unspecified atom stereocenters. The predicted molar refractivity (Wildman–Crippen MR) is 141 cm³/mol. The zero-order valence-electron chi connectivity index (χ0n) is 20.4. The summed E-state index contributed by atoms with van der Waals surface area (Å²) in [7, 11) is 0. The maximum Gasteiger partial charge on any atom is 0.338 e. The Morgan fingerprint density at radius 1 is 1.00 bits per heavy atom. The van der Waals surface area contributed by atoms with Gasteiger partial charge in [0.1, 0.15) is 5.25 Å². The van der Waals surface area contributed by atoms with Crippen LogP contribution >= 0.6 is 11.8 Å². The maximum absolute atomic E-state index is 13.5. The van der Waals surface area contributed by atoms with Crippen molar-refractivity contribution in [3.63, 3.8) is 0 Å². The van der Waals surface area contributed by atoms with Crippen LogP contribution in [0.3, 0.4) is 0 Å². The van der Waals surface area contributed by atoms with Gasteiger partial charge in [0, 0.05) is 12.2 Å². The Balaban J connectivity index is 1.70. The summed E-state index contributed by atoms with van der Waals surface area (Å²) < 4.78 is 7.20. The molecule has 0 bridgehead atoms. The molecule has 3 aromatic carbocycles. The van der Waals surface area contributed by atoms with Gasteiger partial charge in [0.05, 0.1) is 23.2 Å². The number of hydrogen-bond acceptors (Lipinski definition) is 5. The van der Waals surface area contributed by atoms with Gasteiger partial charge in [0.2, 0.25) is 5.91 Å². The lowest BCUT2D eigenvalue weighted by Crippen LogP contribution is -2.19. The van der Waals surface area contributed by atoms with Crippen LogP contribution in [0.15, 0.2) is 71.9 Å². The number of aromatic nitrogens is 2. The number of fused-ring (bicyclic) bond motifs is 1. The highest BCUT2D eigenvalue weighted by Gasteiger charge is 2.25. The van der Waals surface area contributed by atoms with E-state index in [2.05, 4.69) is 16.0 Å². The zero-order valence-corrected chi connectivity index (χ0v) is 21.2. The number of aryl methyl sites for hydroxylation is 3. The van der Waals surface area contributed by atoms with E-state index in [0.717, 1.165) is 27.9 Å². The van der Waals surface area contributed by atoms with Crippen molar-refractivity contribution in [2.45, 2.75) is 44.6 Å². The number of rotatable bonds is 8. The number of esters is 1. The number of hydrogen-bond donors (Lipinski definition) is 1. The Labute approximate surface area is 209 Å². The second-order valence-electron chi connectivity index (χ2n) is 8.34. The Morgan fingerprint density at radius 2 is 1.71 bits per heavy atom. The molecular formula is C28H29N3O3S. The van der Waals surface area contributed by atoms with Crippen LogP contribution in [0.2, 0.25) is 0 Å². The molecule has 0 aliphatic heterocycles. The molecule has 0 saturated heterocycles. The van der Waals surface area contributed by atoms with E-state index in [9.17, 15) is 9.59 Å². The largest absolute Gasteiger partial charge is 0.462 e. The van der Waals surface area contributed by atoms with Gasteiger partial charge in [-0.15, -0.1) is 0 Å². The van der Waals surface area contributed by atoms with Crippen LogP contribution in [-0.4, -0.2) is 28.0 Å². The van der Waals surface area contributed by atoms with E-state index < -0.39 is 5.25 Å². The van der Waals surface area contributed by atoms with Crippen molar-refractivity contribution >= 4 is 40.4 Å². The molecule has 1 atom stereocenters. The average molecular weight is 488 g/mol. The summed E-state index contributed by atoms with van der Waals surface area (Å²) in [6.45, 7) is 8.84. The molecule has 6 nitrogen and oxygen atoms in total. The van der Waals surface area contributed by atoms with Crippen LogP contribution in [0, 0.1) is 13.8 Å². The molecule has 4 rings (SSSR count). The van der Waals surface area contributed by atoms with Gasteiger partial charge in [-0.3, -0.25) is 4.79 Å². The highest BCUT2D eigenvalue weighted by Crippen LogP contribution is 2.37. The first-order valence-electron chi connectivity index (χ1n) is 11.7. The lowest BCUT2D eigenvalue weighted by molar-refractivity contribution is -0.115. The fourth-order valence-corrected chi connectivity index (χ4v) is 5.28. The fraction of sp³-hybridized carbons (Fsp3) is 0.250. The maximum atomic E-state index is 13.5. The van der Waals surface area contributed by atoms with Crippen molar-refractivity contribution in [1.82, 2.24) is 9.55 Å². The SMILES string of the molecule is CCOC(=O)c1ccc2c(c1)nc(SC(C(=O)Nc1cc(C)cc(C)c1)c1ccccc1)n2CC. The standard InChI is InChI=1S/C28H29N3O3S/c1-5-31-24-13-12-21(27(33)34-6-2)17-23(24)30-28(31)35-25(20-10-8-7-9-11-20)26(32)29-22-15-18(3)14-19(4)16-22/h7-17,25H,5-6H2,1-4H3,(H,29,32). The highest BCUT2D eigenvalue weighted by molar-refractivity contribution is 8.00. The third-order valence-corrected chi connectivity index (χ3v) is 6.84.